The molecule has 162 valence electrons. The second-order valence-electron chi connectivity index (χ2n) is 7.98. The van der Waals surface area contributed by atoms with E-state index in [2.05, 4.69) is 14.3 Å². The molecule has 0 radical (unpaired) electrons. The number of piperidine rings is 1. The molecule has 4 rings (SSSR count). The Balaban J connectivity index is 1.51. The number of anilines is 1. The summed E-state index contributed by atoms with van der Waals surface area (Å²) in [7, 11) is -3.80. The molecule has 1 aliphatic rings. The molecule has 2 heterocycles. The van der Waals surface area contributed by atoms with Crippen molar-refractivity contribution in [3.63, 3.8) is 0 Å². The van der Waals surface area contributed by atoms with Gasteiger partial charge in [0.15, 0.2) is 0 Å². The molecule has 1 fully saturated rings. The Morgan fingerprint density at radius 2 is 1.87 bits per heavy atom. The predicted molar refractivity (Wildman–Crippen MR) is 120 cm³/mol. The smallest absolute Gasteiger partial charge is 0.261 e. The predicted octanol–water partition coefficient (Wildman–Crippen LogP) is 3.78. The molecule has 1 aromatic heterocycles. The van der Waals surface area contributed by atoms with Gasteiger partial charge >= 0.3 is 0 Å². The summed E-state index contributed by atoms with van der Waals surface area (Å²) in [5.74, 6) is -0.130. The molecule has 3 aromatic rings. The van der Waals surface area contributed by atoms with Gasteiger partial charge in [-0.15, -0.1) is 0 Å². The summed E-state index contributed by atoms with van der Waals surface area (Å²) in [6.07, 6.45) is 7.20. The number of nitrogens with zero attached hydrogens (tertiary/aromatic N) is 3. The molecule has 0 aliphatic carbocycles. The average molecular weight is 439 g/mol. The molecule has 1 N–H and O–H groups in total. The Kier molecular flexibility index (Phi) is 5.82. The van der Waals surface area contributed by atoms with Crippen LogP contribution in [0.1, 0.15) is 40.4 Å². The summed E-state index contributed by atoms with van der Waals surface area (Å²) in [4.78, 5) is 19.2. The normalized spacial score (nSPS) is 15.1. The number of sulfonamides is 1. The standard InChI is InChI=1S/C23H26N4O3S/c1-17-4-3-5-19(14-17)25-31(29,30)21-7-6-18(2)22(15-21)23(28)26-11-8-20(9-12-26)27-13-10-24-16-27/h3-7,10,13-16,20,25H,8-9,11-12H2,1-2H3. The third kappa shape index (κ3) is 4.64. The molecule has 8 heteroatoms. The lowest BCUT2D eigenvalue weighted by Gasteiger charge is -2.33. The van der Waals surface area contributed by atoms with Crippen molar-refractivity contribution < 1.29 is 13.2 Å². The maximum Gasteiger partial charge on any atom is 0.261 e. The van der Waals surface area contributed by atoms with Gasteiger partial charge < -0.3 is 9.47 Å². The van der Waals surface area contributed by atoms with E-state index in [4.69, 9.17) is 0 Å². The van der Waals surface area contributed by atoms with Gasteiger partial charge in [-0.1, -0.05) is 18.2 Å². The van der Waals surface area contributed by atoms with E-state index in [9.17, 15) is 13.2 Å². The Morgan fingerprint density at radius 1 is 1.10 bits per heavy atom. The van der Waals surface area contributed by atoms with Crippen molar-refractivity contribution in [1.29, 1.82) is 0 Å². The fraction of sp³-hybridized carbons (Fsp3) is 0.304. The number of carbonyl (C=O) groups is 1. The van der Waals surface area contributed by atoms with Gasteiger partial charge in [-0.2, -0.15) is 0 Å². The van der Waals surface area contributed by atoms with Crippen molar-refractivity contribution in [3.8, 4) is 0 Å². The first-order valence-corrected chi connectivity index (χ1v) is 11.8. The van der Waals surface area contributed by atoms with Crippen molar-refractivity contribution in [2.45, 2.75) is 37.6 Å². The van der Waals surface area contributed by atoms with Gasteiger partial charge in [-0.05, 0) is 62.1 Å². The van der Waals surface area contributed by atoms with Crippen molar-refractivity contribution in [2.24, 2.45) is 0 Å². The summed E-state index contributed by atoms with van der Waals surface area (Å²) in [6, 6.07) is 12.2. The van der Waals surface area contributed by atoms with Crippen molar-refractivity contribution in [2.75, 3.05) is 17.8 Å². The zero-order valence-corrected chi connectivity index (χ0v) is 18.5. The molecular weight excluding hydrogens is 412 g/mol. The summed E-state index contributed by atoms with van der Waals surface area (Å²) in [6.45, 7) is 4.98. The Hall–Kier alpha value is -3.13. The molecular formula is C23H26N4O3S. The van der Waals surface area contributed by atoms with Crippen LogP contribution in [0.2, 0.25) is 0 Å². The maximum absolute atomic E-state index is 13.2. The number of amides is 1. The molecule has 2 aromatic carbocycles. The highest BCUT2D eigenvalue weighted by molar-refractivity contribution is 7.92. The summed E-state index contributed by atoms with van der Waals surface area (Å²) >= 11 is 0. The second kappa shape index (κ2) is 8.55. The number of rotatable bonds is 5. The van der Waals surface area contributed by atoms with Gasteiger partial charge in [0.05, 0.1) is 11.2 Å². The number of aromatic nitrogens is 2. The van der Waals surface area contributed by atoms with Crippen LogP contribution in [-0.4, -0.2) is 41.9 Å². The van der Waals surface area contributed by atoms with Crippen molar-refractivity contribution in [1.82, 2.24) is 14.5 Å². The zero-order chi connectivity index (χ0) is 22.0. The van der Waals surface area contributed by atoms with E-state index in [1.54, 1.807) is 35.4 Å². The van der Waals surface area contributed by atoms with Crippen LogP contribution >= 0.6 is 0 Å². The molecule has 1 saturated heterocycles. The molecule has 0 atom stereocenters. The third-order valence-electron chi connectivity index (χ3n) is 5.72. The highest BCUT2D eigenvalue weighted by Crippen LogP contribution is 2.25. The topological polar surface area (TPSA) is 84.3 Å². The fourth-order valence-corrected chi connectivity index (χ4v) is 5.02. The fourth-order valence-electron chi connectivity index (χ4n) is 3.94. The van der Waals surface area contributed by atoms with E-state index >= 15 is 0 Å². The first-order chi connectivity index (χ1) is 14.8. The van der Waals surface area contributed by atoms with Gasteiger partial charge in [-0.25, -0.2) is 13.4 Å². The summed E-state index contributed by atoms with van der Waals surface area (Å²) in [5.41, 5.74) is 2.64. The monoisotopic (exact) mass is 438 g/mol. The minimum absolute atomic E-state index is 0.0799. The first-order valence-electron chi connectivity index (χ1n) is 10.3. The SMILES string of the molecule is Cc1cccc(NS(=O)(=O)c2ccc(C)c(C(=O)N3CCC(n4ccnc4)CC3)c2)c1. The molecule has 1 aliphatic heterocycles. The van der Waals surface area contributed by atoms with Gasteiger partial charge in [0.1, 0.15) is 0 Å². The van der Waals surface area contributed by atoms with E-state index in [0.717, 1.165) is 24.0 Å². The van der Waals surface area contributed by atoms with Crippen molar-refractivity contribution in [3.05, 3.63) is 77.9 Å². The molecule has 0 saturated carbocycles. The van der Waals surface area contributed by atoms with E-state index in [1.807, 2.05) is 32.4 Å². The quantitative estimate of drug-likeness (QED) is 0.657. The minimum Gasteiger partial charge on any atom is -0.338 e. The van der Waals surface area contributed by atoms with Crippen LogP contribution in [0.15, 0.2) is 66.1 Å². The van der Waals surface area contributed by atoms with Crippen LogP contribution < -0.4 is 4.72 Å². The molecule has 1 amide bonds. The van der Waals surface area contributed by atoms with E-state index < -0.39 is 10.0 Å². The van der Waals surface area contributed by atoms with Crippen LogP contribution in [0.5, 0.6) is 0 Å². The number of nitrogens with one attached hydrogen (secondary N) is 1. The Morgan fingerprint density at radius 3 is 2.55 bits per heavy atom. The number of carbonyl (C=O) groups excluding carboxylic acids is 1. The number of hydrogen-bond donors (Lipinski definition) is 1. The van der Waals surface area contributed by atoms with Gasteiger partial charge in [-0.3, -0.25) is 9.52 Å². The van der Waals surface area contributed by atoms with Gasteiger partial charge in [0.2, 0.25) is 0 Å². The highest BCUT2D eigenvalue weighted by atomic mass is 32.2. The molecule has 0 unspecified atom stereocenters. The number of likely N-dealkylation sites (tertiary alicyclic amines) is 1. The number of imidazole rings is 1. The summed E-state index contributed by atoms with van der Waals surface area (Å²) < 4.78 is 30.5. The second-order valence-corrected chi connectivity index (χ2v) is 9.67. The molecule has 31 heavy (non-hydrogen) atoms. The molecule has 0 bridgehead atoms. The largest absolute Gasteiger partial charge is 0.338 e. The molecule has 7 nitrogen and oxygen atoms in total. The average Bonchev–Trinajstić information content (AvgIpc) is 3.28. The number of benzene rings is 2. The minimum atomic E-state index is -3.80. The Bertz CT molecular complexity index is 1180. The van der Waals surface area contributed by atoms with Crippen LogP contribution in [0, 0.1) is 13.8 Å². The van der Waals surface area contributed by atoms with Crippen molar-refractivity contribution >= 4 is 21.6 Å². The maximum atomic E-state index is 13.2. The van der Waals surface area contributed by atoms with Crippen LogP contribution in [-0.2, 0) is 10.0 Å². The van der Waals surface area contributed by atoms with Gasteiger partial charge in [0.25, 0.3) is 15.9 Å². The zero-order valence-electron chi connectivity index (χ0n) is 17.7. The lowest BCUT2D eigenvalue weighted by Crippen LogP contribution is -2.39. The lowest BCUT2D eigenvalue weighted by atomic mass is 10.0. The number of aryl methyl sites for hydroxylation is 2. The van der Waals surface area contributed by atoms with Crippen LogP contribution in [0.4, 0.5) is 5.69 Å². The van der Waals surface area contributed by atoms with Crippen LogP contribution in [0.3, 0.4) is 0 Å². The van der Waals surface area contributed by atoms with E-state index in [-0.39, 0.29) is 10.8 Å². The first kappa shape index (κ1) is 21.1. The lowest BCUT2D eigenvalue weighted by molar-refractivity contribution is 0.0693. The highest BCUT2D eigenvalue weighted by Gasteiger charge is 2.26. The molecule has 0 spiro atoms. The number of hydrogen-bond acceptors (Lipinski definition) is 4. The van der Waals surface area contributed by atoms with E-state index in [1.165, 1.54) is 12.1 Å². The van der Waals surface area contributed by atoms with Gasteiger partial charge in [0, 0.05) is 42.8 Å². The van der Waals surface area contributed by atoms with E-state index in [0.29, 0.717) is 30.4 Å². The Labute approximate surface area is 182 Å². The third-order valence-corrected chi connectivity index (χ3v) is 7.10. The van der Waals surface area contributed by atoms with Crippen LogP contribution in [0.25, 0.3) is 0 Å². The summed E-state index contributed by atoms with van der Waals surface area (Å²) in [5, 5.41) is 0.